The molecule has 1 aromatic rings. The maximum Gasteiger partial charge on any atom is 0.230 e. The first-order valence-corrected chi connectivity index (χ1v) is 4.13. The van der Waals surface area contributed by atoms with Gasteiger partial charge >= 0.3 is 0 Å². The SMILES string of the molecule is O=[C]C(O)CNCc1ccccc1. The maximum atomic E-state index is 9.93. The van der Waals surface area contributed by atoms with Gasteiger partial charge < -0.3 is 10.4 Å². The minimum atomic E-state index is -1.02. The van der Waals surface area contributed by atoms with Crippen LogP contribution in [0.25, 0.3) is 0 Å². The van der Waals surface area contributed by atoms with Crippen LogP contribution in [0.1, 0.15) is 5.56 Å². The van der Waals surface area contributed by atoms with Crippen molar-refractivity contribution < 1.29 is 9.90 Å². The highest BCUT2D eigenvalue weighted by atomic mass is 16.3. The summed E-state index contributed by atoms with van der Waals surface area (Å²) < 4.78 is 0. The average molecular weight is 178 g/mol. The molecule has 1 aromatic carbocycles. The second-order valence-corrected chi connectivity index (χ2v) is 2.75. The normalized spacial score (nSPS) is 12.4. The molecular weight excluding hydrogens is 166 g/mol. The van der Waals surface area contributed by atoms with E-state index in [4.69, 9.17) is 5.11 Å². The van der Waals surface area contributed by atoms with Gasteiger partial charge in [-0.2, -0.15) is 0 Å². The minimum absolute atomic E-state index is 0.248. The van der Waals surface area contributed by atoms with Crippen molar-refractivity contribution in [3.8, 4) is 0 Å². The van der Waals surface area contributed by atoms with E-state index in [9.17, 15) is 4.79 Å². The van der Waals surface area contributed by atoms with Gasteiger partial charge in [-0.05, 0) is 5.56 Å². The molecule has 0 aliphatic heterocycles. The van der Waals surface area contributed by atoms with Crippen molar-refractivity contribution in [2.24, 2.45) is 0 Å². The van der Waals surface area contributed by atoms with Gasteiger partial charge in [0.15, 0.2) is 0 Å². The molecule has 0 bridgehead atoms. The van der Waals surface area contributed by atoms with Crippen molar-refractivity contribution >= 4 is 6.29 Å². The van der Waals surface area contributed by atoms with Crippen LogP contribution < -0.4 is 5.32 Å². The van der Waals surface area contributed by atoms with Crippen molar-refractivity contribution in [3.05, 3.63) is 35.9 Å². The van der Waals surface area contributed by atoms with Crippen LogP contribution in [0, 0.1) is 0 Å². The number of aliphatic hydroxyl groups is 1. The number of carbonyl (C=O) groups excluding carboxylic acids is 1. The predicted octanol–water partition coefficient (Wildman–Crippen LogP) is 0.247. The van der Waals surface area contributed by atoms with Gasteiger partial charge in [0.2, 0.25) is 6.29 Å². The Morgan fingerprint density at radius 3 is 2.69 bits per heavy atom. The van der Waals surface area contributed by atoms with E-state index >= 15 is 0 Å². The van der Waals surface area contributed by atoms with E-state index in [1.165, 1.54) is 6.29 Å². The summed E-state index contributed by atoms with van der Waals surface area (Å²) in [6, 6.07) is 9.78. The fourth-order valence-corrected chi connectivity index (χ4v) is 0.991. The van der Waals surface area contributed by atoms with Crippen LogP contribution in [-0.2, 0) is 11.3 Å². The monoisotopic (exact) mass is 178 g/mol. The molecule has 0 saturated heterocycles. The van der Waals surface area contributed by atoms with E-state index in [1.54, 1.807) is 0 Å². The third-order valence-corrected chi connectivity index (χ3v) is 1.65. The van der Waals surface area contributed by atoms with E-state index in [2.05, 4.69) is 5.32 Å². The lowest BCUT2D eigenvalue weighted by molar-refractivity contribution is 0.229. The second-order valence-electron chi connectivity index (χ2n) is 2.75. The molecule has 3 nitrogen and oxygen atoms in total. The molecule has 1 unspecified atom stereocenters. The van der Waals surface area contributed by atoms with Gasteiger partial charge in [-0.25, -0.2) is 0 Å². The number of hydrogen-bond donors (Lipinski definition) is 2. The summed E-state index contributed by atoms with van der Waals surface area (Å²) in [5, 5.41) is 11.8. The molecule has 0 aliphatic carbocycles. The highest BCUT2D eigenvalue weighted by molar-refractivity contribution is 5.56. The Labute approximate surface area is 77.4 Å². The van der Waals surface area contributed by atoms with Crippen molar-refractivity contribution in [3.63, 3.8) is 0 Å². The number of hydrogen-bond acceptors (Lipinski definition) is 3. The molecule has 0 aromatic heterocycles. The molecule has 0 aliphatic rings. The Hall–Kier alpha value is -1.19. The molecule has 0 heterocycles. The lowest BCUT2D eigenvalue weighted by atomic mass is 10.2. The molecule has 0 amide bonds. The van der Waals surface area contributed by atoms with Crippen LogP contribution in [0.3, 0.4) is 0 Å². The smallest absolute Gasteiger partial charge is 0.230 e. The lowest BCUT2D eigenvalue weighted by Gasteiger charge is -2.04. The first kappa shape index (κ1) is 9.89. The number of benzene rings is 1. The summed E-state index contributed by atoms with van der Waals surface area (Å²) in [5.74, 6) is 0. The van der Waals surface area contributed by atoms with Crippen LogP contribution in [-0.4, -0.2) is 24.0 Å². The number of aliphatic hydroxyl groups excluding tert-OH is 1. The van der Waals surface area contributed by atoms with Crippen molar-refractivity contribution in [2.45, 2.75) is 12.6 Å². The molecular formula is C10H12NO2. The van der Waals surface area contributed by atoms with Crippen LogP contribution in [0.2, 0.25) is 0 Å². The Morgan fingerprint density at radius 1 is 1.38 bits per heavy atom. The predicted molar refractivity (Wildman–Crippen MR) is 49.8 cm³/mol. The van der Waals surface area contributed by atoms with Gasteiger partial charge in [0, 0.05) is 13.1 Å². The number of rotatable bonds is 5. The van der Waals surface area contributed by atoms with Crippen LogP contribution >= 0.6 is 0 Å². The Bertz CT molecular complexity index is 248. The number of nitrogens with one attached hydrogen (secondary N) is 1. The molecule has 0 spiro atoms. The fraction of sp³-hybridized carbons (Fsp3) is 0.300. The maximum absolute atomic E-state index is 9.93. The molecule has 13 heavy (non-hydrogen) atoms. The van der Waals surface area contributed by atoms with Gasteiger partial charge in [0.05, 0.1) is 0 Å². The Morgan fingerprint density at radius 2 is 2.08 bits per heavy atom. The first-order valence-electron chi connectivity index (χ1n) is 4.13. The fourth-order valence-electron chi connectivity index (χ4n) is 0.991. The third-order valence-electron chi connectivity index (χ3n) is 1.65. The molecule has 2 N–H and O–H groups in total. The van der Waals surface area contributed by atoms with Crippen LogP contribution in [0.4, 0.5) is 0 Å². The van der Waals surface area contributed by atoms with Crippen LogP contribution in [0.5, 0.6) is 0 Å². The summed E-state index contributed by atoms with van der Waals surface area (Å²) in [5.41, 5.74) is 1.13. The molecule has 0 fully saturated rings. The highest BCUT2D eigenvalue weighted by Crippen LogP contribution is 1.96. The zero-order valence-corrected chi connectivity index (χ0v) is 7.23. The van der Waals surface area contributed by atoms with Crippen LogP contribution in [0.15, 0.2) is 30.3 Å². The quantitative estimate of drug-likeness (QED) is 0.679. The van der Waals surface area contributed by atoms with Gasteiger partial charge in [-0.15, -0.1) is 0 Å². The van der Waals surface area contributed by atoms with E-state index < -0.39 is 6.10 Å². The van der Waals surface area contributed by atoms with E-state index in [1.807, 2.05) is 30.3 Å². The summed E-state index contributed by atoms with van der Waals surface area (Å²) in [7, 11) is 0. The standard InChI is InChI=1S/C10H12NO2/c12-8-10(13)7-11-6-9-4-2-1-3-5-9/h1-5,10-11,13H,6-7H2. The van der Waals surface area contributed by atoms with Gasteiger partial charge in [-0.3, -0.25) is 4.79 Å². The molecule has 3 heteroatoms. The second kappa shape index (κ2) is 5.45. The molecule has 69 valence electrons. The lowest BCUT2D eigenvalue weighted by Crippen LogP contribution is -2.27. The van der Waals surface area contributed by atoms with Crippen molar-refractivity contribution in [1.82, 2.24) is 5.32 Å². The summed E-state index contributed by atoms with van der Waals surface area (Å²) in [4.78, 5) is 9.93. The van der Waals surface area contributed by atoms with E-state index in [0.717, 1.165) is 5.56 Å². The molecule has 1 atom stereocenters. The van der Waals surface area contributed by atoms with E-state index in [-0.39, 0.29) is 6.54 Å². The topological polar surface area (TPSA) is 49.3 Å². The zero-order valence-electron chi connectivity index (χ0n) is 7.23. The summed E-state index contributed by atoms with van der Waals surface area (Å²) >= 11 is 0. The summed E-state index contributed by atoms with van der Waals surface area (Å²) in [6.45, 7) is 0.901. The van der Waals surface area contributed by atoms with Crippen molar-refractivity contribution in [2.75, 3.05) is 6.54 Å². The van der Waals surface area contributed by atoms with Gasteiger partial charge in [0.1, 0.15) is 6.10 Å². The highest BCUT2D eigenvalue weighted by Gasteiger charge is 2.00. The molecule has 1 radical (unpaired) electrons. The largest absolute Gasteiger partial charge is 0.383 e. The Kier molecular flexibility index (Phi) is 4.15. The molecule has 1 rings (SSSR count). The zero-order chi connectivity index (χ0) is 9.52. The third kappa shape index (κ3) is 3.83. The molecule has 0 saturated carbocycles. The van der Waals surface area contributed by atoms with Gasteiger partial charge in [-0.1, -0.05) is 30.3 Å². The average Bonchev–Trinajstić information content (AvgIpc) is 2.19. The minimum Gasteiger partial charge on any atom is -0.383 e. The first-order chi connectivity index (χ1) is 6.33. The van der Waals surface area contributed by atoms with Gasteiger partial charge in [0.25, 0.3) is 0 Å². The summed E-state index contributed by atoms with van der Waals surface area (Å²) in [6.07, 6.45) is 0.470. The van der Waals surface area contributed by atoms with E-state index in [0.29, 0.717) is 6.54 Å². The van der Waals surface area contributed by atoms with Crippen molar-refractivity contribution in [1.29, 1.82) is 0 Å². The Balaban J connectivity index is 2.24.